The zero-order chi connectivity index (χ0) is 13.4. The standard InChI is InChI=1S/C14H25N5/c1-10(2)18-5-3-11(9-18)7-13-16-14-8-12(15)4-6-19(14)17-13/h10-12H,3-9,15H2,1-2H3. The quantitative estimate of drug-likeness (QED) is 0.877. The number of hydrogen-bond acceptors (Lipinski definition) is 4. The van der Waals surface area contributed by atoms with Crippen molar-refractivity contribution in [1.82, 2.24) is 19.7 Å². The smallest absolute Gasteiger partial charge is 0.151 e. The number of aryl methyl sites for hydroxylation is 1. The van der Waals surface area contributed by atoms with E-state index in [2.05, 4.69) is 33.5 Å². The minimum atomic E-state index is 0.271. The van der Waals surface area contributed by atoms with Gasteiger partial charge in [0.2, 0.25) is 0 Å². The van der Waals surface area contributed by atoms with Gasteiger partial charge < -0.3 is 10.6 Å². The molecule has 0 aromatic carbocycles. The molecule has 5 nitrogen and oxygen atoms in total. The number of fused-ring (bicyclic) bond motifs is 1. The van der Waals surface area contributed by atoms with E-state index in [-0.39, 0.29) is 6.04 Å². The third-order valence-corrected chi connectivity index (χ3v) is 4.47. The van der Waals surface area contributed by atoms with Crippen molar-refractivity contribution >= 4 is 0 Å². The number of rotatable bonds is 3. The molecule has 0 spiro atoms. The Hall–Kier alpha value is -0.940. The van der Waals surface area contributed by atoms with E-state index in [9.17, 15) is 0 Å². The third-order valence-electron chi connectivity index (χ3n) is 4.47. The summed E-state index contributed by atoms with van der Waals surface area (Å²) in [5.41, 5.74) is 5.99. The summed E-state index contributed by atoms with van der Waals surface area (Å²) in [5, 5.41) is 4.65. The lowest BCUT2D eigenvalue weighted by atomic mass is 10.0. The van der Waals surface area contributed by atoms with Crippen molar-refractivity contribution in [3.05, 3.63) is 11.6 Å². The molecule has 5 heteroatoms. The number of likely N-dealkylation sites (tertiary alicyclic amines) is 1. The number of nitrogens with zero attached hydrogens (tertiary/aromatic N) is 4. The molecule has 2 unspecified atom stereocenters. The highest BCUT2D eigenvalue weighted by molar-refractivity contribution is 5.00. The molecule has 19 heavy (non-hydrogen) atoms. The highest BCUT2D eigenvalue weighted by Crippen LogP contribution is 2.22. The van der Waals surface area contributed by atoms with E-state index in [1.807, 2.05) is 0 Å². The summed E-state index contributed by atoms with van der Waals surface area (Å²) in [4.78, 5) is 7.24. The normalized spacial score (nSPS) is 28.0. The second kappa shape index (κ2) is 5.21. The van der Waals surface area contributed by atoms with E-state index in [0.29, 0.717) is 6.04 Å². The largest absolute Gasteiger partial charge is 0.327 e. The van der Waals surface area contributed by atoms with Crippen molar-refractivity contribution in [3.8, 4) is 0 Å². The fourth-order valence-corrected chi connectivity index (χ4v) is 3.22. The van der Waals surface area contributed by atoms with Crippen LogP contribution in [0.4, 0.5) is 0 Å². The van der Waals surface area contributed by atoms with Gasteiger partial charge in [-0.3, -0.25) is 0 Å². The van der Waals surface area contributed by atoms with Crippen LogP contribution in [0.25, 0.3) is 0 Å². The van der Waals surface area contributed by atoms with Crippen molar-refractivity contribution in [1.29, 1.82) is 0 Å². The number of hydrogen-bond donors (Lipinski definition) is 1. The first-order valence-corrected chi connectivity index (χ1v) is 7.54. The molecular formula is C14H25N5. The van der Waals surface area contributed by atoms with Gasteiger partial charge in [-0.1, -0.05) is 0 Å². The van der Waals surface area contributed by atoms with Gasteiger partial charge in [-0.15, -0.1) is 0 Å². The fourth-order valence-electron chi connectivity index (χ4n) is 3.22. The molecular weight excluding hydrogens is 238 g/mol. The molecule has 3 heterocycles. The molecule has 0 saturated carbocycles. The summed E-state index contributed by atoms with van der Waals surface area (Å²) in [5.74, 6) is 2.84. The summed E-state index contributed by atoms with van der Waals surface area (Å²) >= 11 is 0. The van der Waals surface area contributed by atoms with E-state index in [0.717, 1.165) is 43.4 Å². The van der Waals surface area contributed by atoms with Crippen LogP contribution in [0.1, 0.15) is 38.3 Å². The Kier molecular flexibility index (Phi) is 3.58. The predicted octanol–water partition coefficient (Wildman–Crippen LogP) is 0.824. The maximum atomic E-state index is 5.99. The van der Waals surface area contributed by atoms with E-state index < -0.39 is 0 Å². The van der Waals surface area contributed by atoms with Crippen LogP contribution in [0.3, 0.4) is 0 Å². The average molecular weight is 263 g/mol. The van der Waals surface area contributed by atoms with Gasteiger partial charge in [0, 0.05) is 38.0 Å². The zero-order valence-electron chi connectivity index (χ0n) is 12.0. The minimum Gasteiger partial charge on any atom is -0.327 e. The van der Waals surface area contributed by atoms with Crippen LogP contribution in [0, 0.1) is 5.92 Å². The van der Waals surface area contributed by atoms with Crippen LogP contribution >= 0.6 is 0 Å². The van der Waals surface area contributed by atoms with Gasteiger partial charge in [-0.2, -0.15) is 5.10 Å². The van der Waals surface area contributed by atoms with Crippen LogP contribution in [0.5, 0.6) is 0 Å². The molecule has 1 aromatic heterocycles. The Morgan fingerprint density at radius 2 is 2.16 bits per heavy atom. The molecule has 0 amide bonds. The summed E-state index contributed by atoms with van der Waals surface area (Å²) in [6, 6.07) is 0.929. The maximum absolute atomic E-state index is 5.99. The molecule has 2 aliphatic rings. The molecule has 106 valence electrons. The third kappa shape index (κ3) is 2.82. The zero-order valence-corrected chi connectivity index (χ0v) is 12.0. The van der Waals surface area contributed by atoms with Crippen molar-refractivity contribution in [3.63, 3.8) is 0 Å². The SMILES string of the molecule is CC(C)N1CCC(Cc2nc3n(n2)CCC(N)C3)C1. The highest BCUT2D eigenvalue weighted by atomic mass is 15.4. The molecule has 0 aliphatic carbocycles. The molecule has 2 aliphatic heterocycles. The molecule has 3 rings (SSSR count). The van der Waals surface area contributed by atoms with Crippen molar-refractivity contribution < 1.29 is 0 Å². The van der Waals surface area contributed by atoms with Gasteiger partial charge in [0.1, 0.15) is 5.82 Å². The monoisotopic (exact) mass is 263 g/mol. The van der Waals surface area contributed by atoms with Gasteiger partial charge >= 0.3 is 0 Å². The minimum absolute atomic E-state index is 0.271. The van der Waals surface area contributed by atoms with Crippen LogP contribution in [0.2, 0.25) is 0 Å². The Balaban J connectivity index is 1.62. The first kappa shape index (κ1) is 13.1. The van der Waals surface area contributed by atoms with Crippen LogP contribution < -0.4 is 5.73 Å². The van der Waals surface area contributed by atoms with Gasteiger partial charge in [0.05, 0.1) is 0 Å². The van der Waals surface area contributed by atoms with Gasteiger partial charge in [-0.25, -0.2) is 9.67 Å². The Morgan fingerprint density at radius 1 is 1.32 bits per heavy atom. The summed E-state index contributed by atoms with van der Waals surface area (Å²) in [6.07, 6.45) is 4.22. The van der Waals surface area contributed by atoms with Gasteiger partial charge in [-0.05, 0) is 39.2 Å². The topological polar surface area (TPSA) is 60.0 Å². The summed E-state index contributed by atoms with van der Waals surface area (Å²) < 4.78 is 2.06. The van der Waals surface area contributed by atoms with E-state index in [4.69, 9.17) is 5.73 Å². The Morgan fingerprint density at radius 3 is 2.89 bits per heavy atom. The Labute approximate surface area is 115 Å². The van der Waals surface area contributed by atoms with Crippen LogP contribution in [-0.2, 0) is 19.4 Å². The first-order chi connectivity index (χ1) is 9.11. The predicted molar refractivity (Wildman–Crippen MR) is 74.8 cm³/mol. The molecule has 1 saturated heterocycles. The maximum Gasteiger partial charge on any atom is 0.151 e. The molecule has 1 fully saturated rings. The van der Waals surface area contributed by atoms with E-state index >= 15 is 0 Å². The van der Waals surface area contributed by atoms with E-state index in [1.165, 1.54) is 19.5 Å². The van der Waals surface area contributed by atoms with Gasteiger partial charge in [0.15, 0.2) is 5.82 Å². The second-order valence-electron chi connectivity index (χ2n) is 6.37. The first-order valence-electron chi connectivity index (χ1n) is 7.54. The molecule has 0 radical (unpaired) electrons. The van der Waals surface area contributed by atoms with Crippen LogP contribution in [0.15, 0.2) is 0 Å². The lowest BCUT2D eigenvalue weighted by molar-refractivity contribution is 0.264. The van der Waals surface area contributed by atoms with Crippen molar-refractivity contribution in [2.24, 2.45) is 11.7 Å². The number of aromatic nitrogens is 3. The molecule has 1 aromatic rings. The van der Waals surface area contributed by atoms with Crippen LogP contribution in [-0.4, -0.2) is 44.8 Å². The van der Waals surface area contributed by atoms with Crippen molar-refractivity contribution in [2.45, 2.75) is 58.2 Å². The second-order valence-corrected chi connectivity index (χ2v) is 6.37. The fraction of sp³-hybridized carbons (Fsp3) is 0.857. The lowest BCUT2D eigenvalue weighted by Gasteiger charge is -2.19. The van der Waals surface area contributed by atoms with E-state index in [1.54, 1.807) is 0 Å². The average Bonchev–Trinajstić information content (AvgIpc) is 2.95. The number of nitrogens with two attached hydrogens (primary N) is 1. The van der Waals surface area contributed by atoms with Gasteiger partial charge in [0.25, 0.3) is 0 Å². The highest BCUT2D eigenvalue weighted by Gasteiger charge is 2.26. The molecule has 2 N–H and O–H groups in total. The molecule has 0 bridgehead atoms. The molecule has 2 atom stereocenters. The summed E-state index contributed by atoms with van der Waals surface area (Å²) in [7, 11) is 0. The Bertz CT molecular complexity index is 439. The van der Waals surface area contributed by atoms with Crippen molar-refractivity contribution in [2.75, 3.05) is 13.1 Å². The summed E-state index contributed by atoms with van der Waals surface area (Å²) in [6.45, 7) is 7.91. The lowest BCUT2D eigenvalue weighted by Crippen LogP contribution is -2.31.